The first-order valence-corrected chi connectivity index (χ1v) is 5.57. The summed E-state index contributed by atoms with van der Waals surface area (Å²) in [4.78, 5) is 4.80. The van der Waals surface area contributed by atoms with Gasteiger partial charge in [0, 0.05) is 11.1 Å². The Morgan fingerprint density at radius 3 is 1.27 bits per heavy atom. The Morgan fingerprint density at radius 2 is 1.12 bits per heavy atom. The van der Waals surface area contributed by atoms with Crippen LogP contribution in [0.2, 0.25) is 0 Å². The zero-order chi connectivity index (χ0) is 20.2. The number of nitrogens with one attached hydrogen (secondary N) is 2. The second-order valence-corrected chi connectivity index (χ2v) is 2.94. The number of azide groups is 2. The smallest absolute Gasteiger partial charge is 0.296 e. The van der Waals surface area contributed by atoms with Crippen molar-refractivity contribution in [2.24, 2.45) is 44.8 Å². The maximum absolute atomic E-state index is 7.76. The summed E-state index contributed by atoms with van der Waals surface area (Å²) in [5.41, 5.74) is 34.5. The molecule has 0 aromatic carbocycles. The largest absolute Gasteiger partial charge is 0.360 e. The highest BCUT2D eigenvalue weighted by molar-refractivity contribution is 5.69. The molecule has 22 nitrogen and oxygen atoms in total. The highest BCUT2D eigenvalue weighted by atomic mass is 15.5. The van der Waals surface area contributed by atoms with Crippen LogP contribution < -0.4 is 55.0 Å². The molecular formula is C4H14N22. The van der Waals surface area contributed by atoms with Crippen LogP contribution in [0, 0.1) is 0 Å². The predicted molar refractivity (Wildman–Crippen MR) is 81.0 cm³/mol. The Kier molecular flexibility index (Phi) is 14.5. The molecule has 0 atom stereocenters. The lowest BCUT2D eigenvalue weighted by Gasteiger charge is -1.69. The molecule has 0 aliphatic rings. The lowest BCUT2D eigenvalue weighted by Crippen LogP contribution is -2.84. The summed E-state index contributed by atoms with van der Waals surface area (Å²) < 4.78 is 0. The van der Waals surface area contributed by atoms with E-state index in [9.17, 15) is 0 Å². The number of hydrazine groups is 2. The Labute approximate surface area is 142 Å². The molecule has 0 saturated heterocycles. The van der Waals surface area contributed by atoms with Gasteiger partial charge in [0.1, 0.15) is 0 Å². The molecule has 0 radical (unpaired) electrons. The van der Waals surface area contributed by atoms with Gasteiger partial charge >= 0.3 is 11.9 Å². The van der Waals surface area contributed by atoms with Crippen molar-refractivity contribution in [2.45, 2.75) is 0 Å². The van der Waals surface area contributed by atoms with Gasteiger partial charge in [-0.3, -0.25) is 44.8 Å². The Balaban J connectivity index is 0. The molecule has 0 aliphatic carbocycles. The van der Waals surface area contributed by atoms with Crippen molar-refractivity contribution in [1.82, 2.24) is 41.2 Å². The van der Waals surface area contributed by atoms with Gasteiger partial charge in [-0.25, -0.2) is 10.2 Å². The van der Waals surface area contributed by atoms with E-state index in [0.29, 0.717) is 0 Å². The van der Waals surface area contributed by atoms with Crippen LogP contribution in [-0.4, -0.2) is 43.0 Å². The molecular weight excluding hydrogens is 356 g/mol. The first-order chi connectivity index (χ1) is 12.4. The second-order valence-electron chi connectivity index (χ2n) is 2.94. The Hall–Kier alpha value is -5.10. The molecule has 2 aromatic heterocycles. The first kappa shape index (κ1) is 23.2. The molecule has 0 bridgehead atoms. The number of guanidine groups is 2. The summed E-state index contributed by atoms with van der Waals surface area (Å²) in [6.45, 7) is 0. The topological polar surface area (TPSA) is 387 Å². The average Bonchev–Trinajstić information content (AvgIpc) is 3.31. The van der Waals surface area contributed by atoms with Crippen LogP contribution in [0.4, 0.5) is 11.9 Å². The summed E-state index contributed by atoms with van der Waals surface area (Å²) in [5, 5.41) is 35.1. The fourth-order valence-corrected chi connectivity index (χ4v) is 0.440. The first-order valence-electron chi connectivity index (χ1n) is 5.57. The Bertz CT molecular complexity index is 632. The quantitative estimate of drug-likeness (QED) is 0.0462. The van der Waals surface area contributed by atoms with E-state index >= 15 is 0 Å². The van der Waals surface area contributed by atoms with Crippen LogP contribution in [0.15, 0.2) is 10.2 Å². The third-order valence-electron chi connectivity index (χ3n) is 1.22. The van der Waals surface area contributed by atoms with E-state index in [1.807, 2.05) is 10.2 Å². The van der Waals surface area contributed by atoms with Crippen LogP contribution in [0.1, 0.15) is 0 Å². The summed E-state index contributed by atoms with van der Waals surface area (Å²) in [5.74, 6) is 9.24. The number of nitrogens with two attached hydrogens (primary N) is 6. The molecule has 22 heteroatoms. The number of hydrogen-bond donors (Lipinski definition) is 8. The van der Waals surface area contributed by atoms with Gasteiger partial charge in [-0.05, 0) is 0 Å². The second kappa shape index (κ2) is 16.3. The SMILES string of the molecule is N[NH+]=C(N)N.N[NH+]=C(N)N.[N-]=[N+]=Nc1nnn[n-]1.[N-]=[N+]=Nc1nnn[n-]1. The summed E-state index contributed by atoms with van der Waals surface area (Å²) in [6.07, 6.45) is 0. The van der Waals surface area contributed by atoms with E-state index in [2.05, 4.69) is 73.0 Å². The third kappa shape index (κ3) is 17.0. The van der Waals surface area contributed by atoms with Gasteiger partial charge in [0.15, 0.2) is 11.9 Å². The normalized spacial score (nSPS) is 7.38. The van der Waals surface area contributed by atoms with Gasteiger partial charge in [-0.2, -0.15) is 20.6 Å². The van der Waals surface area contributed by atoms with Gasteiger partial charge in [-0.1, -0.05) is 0 Å². The van der Waals surface area contributed by atoms with Crippen LogP contribution >= 0.6 is 0 Å². The van der Waals surface area contributed by atoms with Crippen molar-refractivity contribution in [3.8, 4) is 0 Å². The molecule has 2 aromatic rings. The molecule has 0 fully saturated rings. The predicted octanol–water partition coefficient (Wildman–Crippen LogP) is -8.03. The average molecular weight is 370 g/mol. The summed E-state index contributed by atoms with van der Waals surface area (Å²) in [6, 6.07) is 0. The van der Waals surface area contributed by atoms with Gasteiger partial charge in [0.25, 0.3) is 0 Å². The van der Waals surface area contributed by atoms with E-state index in [-0.39, 0.29) is 23.8 Å². The molecule has 2 rings (SSSR count). The minimum Gasteiger partial charge on any atom is -0.296 e. The van der Waals surface area contributed by atoms with Crippen LogP contribution in [-0.2, 0) is 0 Å². The van der Waals surface area contributed by atoms with Crippen molar-refractivity contribution in [3.63, 3.8) is 0 Å². The minimum absolute atomic E-state index is 0.0324. The van der Waals surface area contributed by atoms with Crippen molar-refractivity contribution >= 4 is 23.8 Å². The van der Waals surface area contributed by atoms with Crippen molar-refractivity contribution in [2.75, 3.05) is 0 Å². The zero-order valence-electron chi connectivity index (χ0n) is 12.7. The van der Waals surface area contributed by atoms with E-state index in [4.69, 9.17) is 34.0 Å². The van der Waals surface area contributed by atoms with E-state index < -0.39 is 0 Å². The van der Waals surface area contributed by atoms with Crippen LogP contribution in [0.25, 0.3) is 20.9 Å². The van der Waals surface area contributed by atoms with Crippen molar-refractivity contribution in [3.05, 3.63) is 20.9 Å². The standard InChI is InChI=1S/2CN7.2CH6N4/c2*2-6-3-1-4-7-8-5-1;2*2-1(3)5-4/h;;2*4H2,(H4,2,3,5)/q2*-1;;/p+2. The van der Waals surface area contributed by atoms with E-state index in [1.165, 1.54) is 0 Å². The van der Waals surface area contributed by atoms with E-state index in [0.717, 1.165) is 0 Å². The number of aromatic nitrogens is 8. The monoisotopic (exact) mass is 370 g/mol. The summed E-state index contributed by atoms with van der Waals surface area (Å²) in [7, 11) is 0. The Morgan fingerprint density at radius 1 is 0.808 bits per heavy atom. The highest BCUT2D eigenvalue weighted by Gasteiger charge is 1.82. The number of hydrogen-bond acceptors (Lipinski definition) is 10. The van der Waals surface area contributed by atoms with Gasteiger partial charge < -0.3 is 0 Å². The molecule has 0 aliphatic heterocycles. The maximum Gasteiger partial charge on any atom is 0.360 e. The van der Waals surface area contributed by atoms with Crippen LogP contribution in [0.5, 0.6) is 0 Å². The lowest BCUT2D eigenvalue weighted by molar-refractivity contribution is -0.471. The fourth-order valence-electron chi connectivity index (χ4n) is 0.440. The van der Waals surface area contributed by atoms with E-state index in [1.54, 1.807) is 0 Å². The highest BCUT2D eigenvalue weighted by Crippen LogP contribution is 1.93. The molecule has 14 N–H and O–H groups in total. The summed E-state index contributed by atoms with van der Waals surface area (Å²) >= 11 is 0. The van der Waals surface area contributed by atoms with Crippen LogP contribution in [0.3, 0.4) is 0 Å². The zero-order valence-corrected chi connectivity index (χ0v) is 12.7. The molecule has 26 heavy (non-hydrogen) atoms. The molecule has 0 unspecified atom stereocenters. The molecule has 0 spiro atoms. The molecule has 0 saturated carbocycles. The van der Waals surface area contributed by atoms with Gasteiger partial charge in [0.05, 0.1) is 20.1 Å². The molecule has 140 valence electrons. The van der Waals surface area contributed by atoms with Crippen molar-refractivity contribution < 1.29 is 10.2 Å². The number of hydrazone groups is 2. The number of rotatable bonds is 2. The lowest BCUT2D eigenvalue weighted by atomic mass is 11.1. The maximum atomic E-state index is 7.76. The van der Waals surface area contributed by atoms with Gasteiger partial charge in [-0.15, -0.1) is 10.4 Å². The fraction of sp³-hybridized carbons (Fsp3) is 0. The number of tetrazole rings is 2. The molecule has 0 amide bonds. The minimum atomic E-state index is -0.0486. The molecule has 2 heterocycles. The number of nitrogens with zero attached hydrogens (tertiary/aromatic N) is 14. The third-order valence-corrected chi connectivity index (χ3v) is 1.22. The van der Waals surface area contributed by atoms with Gasteiger partial charge in [0.2, 0.25) is 0 Å². The van der Waals surface area contributed by atoms with Crippen molar-refractivity contribution in [1.29, 1.82) is 0 Å².